The van der Waals surface area contributed by atoms with Gasteiger partial charge in [-0.25, -0.2) is 4.79 Å². The van der Waals surface area contributed by atoms with E-state index in [-0.39, 0.29) is 23.2 Å². The number of aliphatic carboxylic acids is 1. The third-order valence-electron chi connectivity index (χ3n) is 2.41. The lowest BCUT2D eigenvalue weighted by Crippen LogP contribution is -2.15. The number of ether oxygens (including phenoxy) is 3. The van der Waals surface area contributed by atoms with Crippen LogP contribution in [0.3, 0.4) is 0 Å². The van der Waals surface area contributed by atoms with Crippen LogP contribution < -0.4 is 14.2 Å². The Morgan fingerprint density at radius 3 is 2.21 bits per heavy atom. The molecule has 6 heteroatoms. The minimum absolute atomic E-state index is 0.124. The molecule has 6 nitrogen and oxygen atoms in total. The zero-order valence-electron chi connectivity index (χ0n) is 11.3. The van der Waals surface area contributed by atoms with Crippen molar-refractivity contribution >= 4 is 5.97 Å². The minimum atomic E-state index is -1.69. The number of hydrogen-bond donors (Lipinski definition) is 2. The van der Waals surface area contributed by atoms with E-state index in [4.69, 9.17) is 19.3 Å². The zero-order chi connectivity index (χ0) is 14.6. The normalized spacial score (nSPS) is 12.1. The molecule has 0 aliphatic carbocycles. The van der Waals surface area contributed by atoms with Crippen LogP contribution in [0.25, 0.3) is 0 Å². The molecule has 0 spiro atoms. The predicted octanol–water partition coefficient (Wildman–Crippen LogP) is 1.61. The maximum absolute atomic E-state index is 10.9. The number of rotatable bonds is 6. The zero-order valence-corrected chi connectivity index (χ0v) is 11.3. The second-order valence-electron chi connectivity index (χ2n) is 4.13. The first-order valence-corrected chi connectivity index (χ1v) is 5.74. The molecule has 1 aromatic rings. The molecule has 0 heterocycles. The van der Waals surface area contributed by atoms with Crippen molar-refractivity contribution in [2.24, 2.45) is 0 Å². The fourth-order valence-electron chi connectivity index (χ4n) is 1.62. The number of methoxy groups -OCH3 is 2. The molecule has 0 aromatic heterocycles. The SMILES string of the molecule is COc1ccc(C(O)C(=O)O)c(OC(C)C)c1OC. The van der Waals surface area contributed by atoms with Crippen LogP contribution in [0, 0.1) is 0 Å². The predicted molar refractivity (Wildman–Crippen MR) is 67.9 cm³/mol. The molecule has 1 rings (SSSR count). The van der Waals surface area contributed by atoms with Crippen molar-refractivity contribution in [3.8, 4) is 17.2 Å². The summed E-state index contributed by atoms with van der Waals surface area (Å²) in [5.74, 6) is -0.527. The van der Waals surface area contributed by atoms with E-state index < -0.39 is 12.1 Å². The highest BCUT2D eigenvalue weighted by atomic mass is 16.5. The van der Waals surface area contributed by atoms with E-state index in [0.717, 1.165) is 0 Å². The maximum atomic E-state index is 10.9. The van der Waals surface area contributed by atoms with Crippen molar-refractivity contribution in [3.63, 3.8) is 0 Å². The molecule has 0 radical (unpaired) electrons. The highest BCUT2D eigenvalue weighted by Crippen LogP contribution is 2.42. The first kappa shape index (κ1) is 15.1. The van der Waals surface area contributed by atoms with Crippen LogP contribution in [0.2, 0.25) is 0 Å². The van der Waals surface area contributed by atoms with Gasteiger partial charge in [0, 0.05) is 5.56 Å². The highest BCUT2D eigenvalue weighted by Gasteiger charge is 2.26. The fourth-order valence-corrected chi connectivity index (χ4v) is 1.62. The molecular weight excluding hydrogens is 252 g/mol. The molecule has 1 atom stereocenters. The van der Waals surface area contributed by atoms with Gasteiger partial charge in [-0.1, -0.05) is 0 Å². The van der Waals surface area contributed by atoms with Crippen molar-refractivity contribution in [2.75, 3.05) is 14.2 Å². The van der Waals surface area contributed by atoms with E-state index in [1.807, 2.05) is 0 Å². The van der Waals surface area contributed by atoms with Crippen LogP contribution in [0.15, 0.2) is 12.1 Å². The van der Waals surface area contributed by atoms with Crippen LogP contribution in [0.4, 0.5) is 0 Å². The summed E-state index contributed by atoms with van der Waals surface area (Å²) < 4.78 is 15.9. The summed E-state index contributed by atoms with van der Waals surface area (Å²) in [6.07, 6.45) is -1.89. The van der Waals surface area contributed by atoms with Gasteiger partial charge in [-0.3, -0.25) is 0 Å². The Hall–Kier alpha value is -1.95. The van der Waals surface area contributed by atoms with Gasteiger partial charge in [0.25, 0.3) is 0 Å². The molecule has 0 bridgehead atoms. The molecule has 0 saturated carbocycles. The number of aliphatic hydroxyl groups excluding tert-OH is 1. The minimum Gasteiger partial charge on any atom is -0.493 e. The van der Waals surface area contributed by atoms with Gasteiger partial charge in [0.1, 0.15) is 0 Å². The van der Waals surface area contributed by atoms with Gasteiger partial charge >= 0.3 is 5.97 Å². The number of carboxylic acid groups (broad SMARTS) is 1. The second-order valence-corrected chi connectivity index (χ2v) is 4.13. The van der Waals surface area contributed by atoms with E-state index in [1.54, 1.807) is 13.8 Å². The van der Waals surface area contributed by atoms with Gasteiger partial charge in [0.05, 0.1) is 20.3 Å². The van der Waals surface area contributed by atoms with Gasteiger partial charge in [-0.2, -0.15) is 0 Å². The Labute approximate surface area is 111 Å². The van der Waals surface area contributed by atoms with Gasteiger partial charge in [0.2, 0.25) is 5.75 Å². The average molecular weight is 270 g/mol. The molecule has 2 N–H and O–H groups in total. The topological polar surface area (TPSA) is 85.2 Å². The van der Waals surface area contributed by atoms with E-state index in [0.29, 0.717) is 5.75 Å². The molecule has 0 fully saturated rings. The lowest BCUT2D eigenvalue weighted by atomic mass is 10.1. The van der Waals surface area contributed by atoms with Gasteiger partial charge in [-0.15, -0.1) is 0 Å². The summed E-state index contributed by atoms with van der Waals surface area (Å²) in [6.45, 7) is 3.58. The van der Waals surface area contributed by atoms with Crippen molar-refractivity contribution < 1.29 is 29.2 Å². The van der Waals surface area contributed by atoms with Crippen molar-refractivity contribution in [1.82, 2.24) is 0 Å². The Morgan fingerprint density at radius 1 is 1.16 bits per heavy atom. The van der Waals surface area contributed by atoms with Crippen molar-refractivity contribution in [2.45, 2.75) is 26.1 Å². The largest absolute Gasteiger partial charge is 0.493 e. The van der Waals surface area contributed by atoms with Crippen LogP contribution in [-0.4, -0.2) is 36.5 Å². The lowest BCUT2D eigenvalue weighted by Gasteiger charge is -2.20. The molecule has 106 valence electrons. The molecule has 1 unspecified atom stereocenters. The summed E-state index contributed by atoms with van der Waals surface area (Å²) in [4.78, 5) is 10.9. The monoisotopic (exact) mass is 270 g/mol. The van der Waals surface area contributed by atoms with Crippen LogP contribution in [0.5, 0.6) is 17.2 Å². The van der Waals surface area contributed by atoms with Gasteiger partial charge in [-0.05, 0) is 26.0 Å². The first-order chi connectivity index (χ1) is 8.92. The highest BCUT2D eigenvalue weighted by molar-refractivity contribution is 5.76. The second kappa shape index (κ2) is 6.29. The summed E-state index contributed by atoms with van der Waals surface area (Å²) in [6, 6.07) is 2.96. The summed E-state index contributed by atoms with van der Waals surface area (Å²) in [7, 11) is 2.88. The molecule has 0 saturated heterocycles. The maximum Gasteiger partial charge on any atom is 0.337 e. The summed E-state index contributed by atoms with van der Waals surface area (Å²) >= 11 is 0. The molecule has 0 aliphatic heterocycles. The van der Waals surface area contributed by atoms with Crippen LogP contribution >= 0.6 is 0 Å². The molecule has 0 aliphatic rings. The molecule has 19 heavy (non-hydrogen) atoms. The Balaban J connectivity index is 3.41. The van der Waals surface area contributed by atoms with E-state index in [9.17, 15) is 9.90 Å². The quantitative estimate of drug-likeness (QED) is 0.816. The fraction of sp³-hybridized carbons (Fsp3) is 0.462. The third-order valence-corrected chi connectivity index (χ3v) is 2.41. The van der Waals surface area contributed by atoms with E-state index >= 15 is 0 Å². The van der Waals surface area contributed by atoms with Crippen molar-refractivity contribution in [3.05, 3.63) is 17.7 Å². The van der Waals surface area contributed by atoms with Crippen molar-refractivity contribution in [1.29, 1.82) is 0 Å². The number of hydrogen-bond acceptors (Lipinski definition) is 5. The number of benzene rings is 1. The van der Waals surface area contributed by atoms with E-state index in [2.05, 4.69) is 0 Å². The Morgan fingerprint density at radius 2 is 1.79 bits per heavy atom. The number of carboxylic acids is 1. The van der Waals surface area contributed by atoms with Gasteiger partial charge in [0.15, 0.2) is 17.6 Å². The average Bonchev–Trinajstić information content (AvgIpc) is 2.36. The summed E-state index contributed by atoms with van der Waals surface area (Å²) in [5, 5.41) is 18.6. The summed E-state index contributed by atoms with van der Waals surface area (Å²) in [5.41, 5.74) is 0.124. The molecule has 1 aromatic carbocycles. The Bertz CT molecular complexity index is 455. The molecular formula is C13H18O6. The van der Waals surface area contributed by atoms with E-state index in [1.165, 1.54) is 26.4 Å². The number of carbonyl (C=O) groups is 1. The first-order valence-electron chi connectivity index (χ1n) is 5.74. The lowest BCUT2D eigenvalue weighted by molar-refractivity contribution is -0.147. The standard InChI is InChI=1S/C13H18O6/c1-7(2)19-11-8(10(14)13(15)16)5-6-9(17-3)12(11)18-4/h5-7,10,14H,1-4H3,(H,15,16). The Kier molecular flexibility index (Phi) is 5.00. The third kappa shape index (κ3) is 3.29. The number of aliphatic hydroxyl groups is 1. The van der Waals surface area contributed by atoms with Crippen LogP contribution in [0.1, 0.15) is 25.5 Å². The molecule has 0 amide bonds. The smallest absolute Gasteiger partial charge is 0.337 e. The van der Waals surface area contributed by atoms with Gasteiger partial charge < -0.3 is 24.4 Å². The van der Waals surface area contributed by atoms with Crippen LogP contribution in [-0.2, 0) is 4.79 Å².